The molecule has 2 aromatic carbocycles. The number of halogens is 4. The van der Waals surface area contributed by atoms with Crippen molar-refractivity contribution in [2.24, 2.45) is 16.7 Å². The zero-order valence-corrected chi connectivity index (χ0v) is 18.5. The maximum absolute atomic E-state index is 14.4. The van der Waals surface area contributed by atoms with Crippen LogP contribution < -0.4 is 21.6 Å². The first-order valence-corrected chi connectivity index (χ1v) is 10.1. The van der Waals surface area contributed by atoms with E-state index in [2.05, 4.69) is 20.4 Å². The van der Waals surface area contributed by atoms with Crippen LogP contribution in [0.1, 0.15) is 11.1 Å². The van der Waals surface area contributed by atoms with Crippen LogP contribution in [0.15, 0.2) is 53.6 Å². The number of anilines is 1. The van der Waals surface area contributed by atoms with E-state index in [0.29, 0.717) is 40.1 Å². The Bertz CT molecular complexity index is 1140. The van der Waals surface area contributed by atoms with Crippen LogP contribution in [0.5, 0.6) is 6.01 Å². The fourth-order valence-corrected chi connectivity index (χ4v) is 3.41. The molecule has 1 aromatic heterocycles. The molecule has 0 saturated carbocycles. The van der Waals surface area contributed by atoms with Gasteiger partial charge in [0.15, 0.2) is 5.84 Å². The normalized spacial score (nSPS) is 12.0. The molecular formula is C21H20Cl2F2N6O. The number of hydrazone groups is 1. The van der Waals surface area contributed by atoms with Gasteiger partial charge < -0.3 is 21.6 Å². The summed E-state index contributed by atoms with van der Waals surface area (Å²) >= 11 is 12.1. The van der Waals surface area contributed by atoms with E-state index in [0.717, 1.165) is 5.56 Å². The van der Waals surface area contributed by atoms with E-state index >= 15 is 0 Å². The van der Waals surface area contributed by atoms with Gasteiger partial charge >= 0.3 is 11.9 Å². The highest BCUT2D eigenvalue weighted by Gasteiger charge is 2.37. The molecule has 7 nitrogen and oxygen atoms in total. The monoisotopic (exact) mass is 480 g/mol. The van der Waals surface area contributed by atoms with E-state index in [1.807, 2.05) is 6.07 Å². The number of methoxy groups -OCH3 is 1. The first-order valence-electron chi connectivity index (χ1n) is 9.38. The second-order valence-electron chi connectivity index (χ2n) is 6.71. The topological polar surface area (TPSA) is 111 Å². The maximum atomic E-state index is 14.4. The number of nitrogens with two attached hydrogens (primary N) is 2. The Morgan fingerprint density at radius 2 is 1.94 bits per heavy atom. The summed E-state index contributed by atoms with van der Waals surface area (Å²) in [5.74, 6) is 0.871. The fourth-order valence-electron chi connectivity index (χ4n) is 2.91. The summed E-state index contributed by atoms with van der Waals surface area (Å²) < 4.78 is 34.0. The van der Waals surface area contributed by atoms with Crippen molar-refractivity contribution in [3.05, 3.63) is 69.7 Å². The molecule has 0 atom stereocenters. The van der Waals surface area contributed by atoms with E-state index in [9.17, 15) is 8.78 Å². The van der Waals surface area contributed by atoms with Gasteiger partial charge in [-0.2, -0.15) is 23.9 Å². The molecule has 11 heteroatoms. The third-order valence-corrected chi connectivity index (χ3v) is 5.17. The Balaban J connectivity index is 1.84. The zero-order valence-electron chi connectivity index (χ0n) is 16.9. The smallest absolute Gasteiger partial charge is 0.331 e. The molecule has 0 bridgehead atoms. The highest BCUT2D eigenvalue weighted by molar-refractivity contribution is 6.35. The molecule has 0 spiro atoms. The van der Waals surface area contributed by atoms with Crippen molar-refractivity contribution in [1.29, 1.82) is 0 Å². The molecule has 168 valence electrons. The fraction of sp³-hybridized carbons (Fsp3) is 0.190. The summed E-state index contributed by atoms with van der Waals surface area (Å²) in [4.78, 5) is 8.52. The molecule has 0 amide bonds. The molecule has 5 N–H and O–H groups in total. The second-order valence-corrected chi connectivity index (χ2v) is 7.55. The average Bonchev–Trinajstić information content (AvgIpc) is 2.79. The van der Waals surface area contributed by atoms with Gasteiger partial charge in [0.2, 0.25) is 0 Å². The first kappa shape index (κ1) is 23.5. The molecule has 32 heavy (non-hydrogen) atoms. The number of nitrogens with zero attached hydrogens (tertiary/aromatic N) is 3. The van der Waals surface area contributed by atoms with Gasteiger partial charge in [0, 0.05) is 33.8 Å². The molecule has 0 saturated heterocycles. The summed E-state index contributed by atoms with van der Waals surface area (Å²) in [5, 5.41) is 7.21. The highest BCUT2D eigenvalue weighted by atomic mass is 35.5. The summed E-state index contributed by atoms with van der Waals surface area (Å²) in [6.07, 6.45) is 0.608. The number of rotatable bonds is 8. The number of ether oxygens (including phenoxy) is 1. The lowest BCUT2D eigenvalue weighted by atomic mass is 10.0. The van der Waals surface area contributed by atoms with Gasteiger partial charge in [0.25, 0.3) is 0 Å². The number of nitrogens with one attached hydrogen (secondary N) is 1. The number of amidine groups is 1. The lowest BCUT2D eigenvalue weighted by molar-refractivity contribution is 0.0741. The Hall–Kier alpha value is -3.17. The van der Waals surface area contributed by atoms with Crippen LogP contribution in [0, 0.1) is 0 Å². The van der Waals surface area contributed by atoms with Crippen molar-refractivity contribution >= 4 is 34.9 Å². The zero-order chi connectivity index (χ0) is 23.3. The average molecular weight is 481 g/mol. The maximum Gasteiger partial charge on any atom is 0.331 e. The Kier molecular flexibility index (Phi) is 7.32. The molecule has 0 radical (unpaired) electrons. The van der Waals surface area contributed by atoms with Gasteiger partial charge in [-0.3, -0.25) is 0 Å². The summed E-state index contributed by atoms with van der Waals surface area (Å²) in [5.41, 5.74) is 6.60. The Morgan fingerprint density at radius 3 is 2.62 bits per heavy atom. The molecule has 0 unspecified atom stereocenters. The summed E-state index contributed by atoms with van der Waals surface area (Å²) in [6.45, 7) is 0.503. The van der Waals surface area contributed by atoms with E-state index in [1.165, 1.54) is 25.3 Å². The molecule has 0 aliphatic heterocycles. The molecule has 3 rings (SSSR count). The third kappa shape index (κ3) is 5.35. The molecular weight excluding hydrogens is 461 g/mol. The number of hydrogen-bond acceptors (Lipinski definition) is 6. The van der Waals surface area contributed by atoms with Crippen LogP contribution in [0.3, 0.4) is 0 Å². The number of benzene rings is 2. The molecule has 1 heterocycles. The first-order chi connectivity index (χ1) is 15.2. The quantitative estimate of drug-likeness (QED) is 0.190. The van der Waals surface area contributed by atoms with Gasteiger partial charge in [-0.1, -0.05) is 47.5 Å². The van der Waals surface area contributed by atoms with Crippen LogP contribution in [0.25, 0.3) is 11.3 Å². The standard InChI is InChI=1S/C21H20Cl2F2N6O/c1-32-20-29-17(13-3-2-4-14(9-13)21(24,25)19(26)31-27)11-18(30-20)28-8-7-12-5-6-15(22)10-16(12)23/h2-6,9-11H,7-8,27H2,1H3,(H2,26,31)(H,28,29,30). The predicted octanol–water partition coefficient (Wildman–Crippen LogP) is 4.44. The Labute approximate surface area is 193 Å². The molecule has 0 aliphatic rings. The van der Waals surface area contributed by atoms with E-state index in [-0.39, 0.29) is 11.6 Å². The van der Waals surface area contributed by atoms with Gasteiger partial charge in [-0.25, -0.2) is 0 Å². The van der Waals surface area contributed by atoms with Gasteiger partial charge in [0.1, 0.15) is 5.82 Å². The molecule has 0 aliphatic carbocycles. The molecule has 3 aromatic rings. The van der Waals surface area contributed by atoms with Crippen LogP contribution in [-0.4, -0.2) is 29.5 Å². The van der Waals surface area contributed by atoms with E-state index in [4.69, 9.17) is 39.5 Å². The van der Waals surface area contributed by atoms with Crippen LogP contribution in [0.4, 0.5) is 14.6 Å². The molecule has 0 fully saturated rings. The number of hydrogen-bond donors (Lipinski definition) is 3. The van der Waals surface area contributed by atoms with E-state index in [1.54, 1.807) is 24.3 Å². The minimum absolute atomic E-state index is 0.0784. The summed E-state index contributed by atoms with van der Waals surface area (Å²) in [6, 6.07) is 12.6. The van der Waals surface area contributed by atoms with Crippen LogP contribution in [0.2, 0.25) is 10.0 Å². The summed E-state index contributed by atoms with van der Waals surface area (Å²) in [7, 11) is 1.42. The van der Waals surface area contributed by atoms with Crippen molar-refractivity contribution in [3.63, 3.8) is 0 Å². The van der Waals surface area contributed by atoms with Crippen molar-refractivity contribution in [1.82, 2.24) is 9.97 Å². The van der Waals surface area contributed by atoms with Gasteiger partial charge in [-0.05, 0) is 30.2 Å². The minimum atomic E-state index is -3.53. The van der Waals surface area contributed by atoms with Crippen molar-refractivity contribution < 1.29 is 13.5 Å². The van der Waals surface area contributed by atoms with Crippen molar-refractivity contribution in [3.8, 4) is 17.3 Å². The van der Waals surface area contributed by atoms with Crippen molar-refractivity contribution in [2.45, 2.75) is 12.3 Å². The van der Waals surface area contributed by atoms with Crippen LogP contribution >= 0.6 is 23.2 Å². The third-order valence-electron chi connectivity index (χ3n) is 4.59. The lowest BCUT2D eigenvalue weighted by Gasteiger charge is -2.16. The minimum Gasteiger partial charge on any atom is -0.467 e. The SMILES string of the molecule is COc1nc(NCCc2ccc(Cl)cc2Cl)cc(-c2cccc(C(F)(F)/C(N)=N/N)c2)n1. The number of aromatic nitrogens is 2. The van der Waals surface area contributed by atoms with E-state index < -0.39 is 11.8 Å². The van der Waals surface area contributed by atoms with Gasteiger partial charge in [-0.15, -0.1) is 0 Å². The van der Waals surface area contributed by atoms with Gasteiger partial charge in [0.05, 0.1) is 12.8 Å². The van der Waals surface area contributed by atoms with Crippen molar-refractivity contribution in [2.75, 3.05) is 19.0 Å². The predicted molar refractivity (Wildman–Crippen MR) is 122 cm³/mol. The van der Waals surface area contributed by atoms with Crippen LogP contribution in [-0.2, 0) is 12.3 Å². The highest BCUT2D eigenvalue weighted by Crippen LogP contribution is 2.32. The lowest BCUT2D eigenvalue weighted by Crippen LogP contribution is -2.34. The number of alkyl halides is 2. The Morgan fingerprint density at radius 1 is 1.16 bits per heavy atom. The second kappa shape index (κ2) is 9.97. The largest absolute Gasteiger partial charge is 0.467 e.